The summed E-state index contributed by atoms with van der Waals surface area (Å²) < 4.78 is 12.7. The van der Waals surface area contributed by atoms with Crippen LogP contribution in [-0.2, 0) is 35.5 Å². The Morgan fingerprint density at radius 3 is 2.89 bits per heavy atom. The Labute approximate surface area is 207 Å². The summed E-state index contributed by atoms with van der Waals surface area (Å²) in [5.41, 5.74) is 2.34. The number of fused-ring (bicyclic) bond motifs is 1. The van der Waals surface area contributed by atoms with Gasteiger partial charge < -0.3 is 24.3 Å². The van der Waals surface area contributed by atoms with E-state index in [0.29, 0.717) is 43.0 Å². The van der Waals surface area contributed by atoms with Crippen LogP contribution in [0.3, 0.4) is 0 Å². The van der Waals surface area contributed by atoms with E-state index in [-0.39, 0.29) is 25.0 Å². The lowest BCUT2D eigenvalue weighted by Crippen LogP contribution is -2.36. The van der Waals surface area contributed by atoms with E-state index in [9.17, 15) is 14.9 Å². The number of aryl methyl sites for hydroxylation is 2. The van der Waals surface area contributed by atoms with Crippen LogP contribution in [0, 0.1) is 18.3 Å². The van der Waals surface area contributed by atoms with Gasteiger partial charge in [-0.05, 0) is 37.0 Å². The number of hydrogen-bond donors (Lipinski definition) is 1. The Morgan fingerprint density at radius 1 is 1.31 bits per heavy atom. The SMILES string of the molecule is COc1ccccc1CCC(=O)Nc1sc2c(c1C#N)CCN(C(=O)OCCn1ccnc1C)C2. The molecule has 0 unspecified atom stereocenters. The summed E-state index contributed by atoms with van der Waals surface area (Å²) in [5.74, 6) is 1.44. The van der Waals surface area contributed by atoms with Crippen LogP contribution in [0.1, 0.15) is 33.8 Å². The van der Waals surface area contributed by atoms with E-state index >= 15 is 0 Å². The fourth-order valence-corrected chi connectivity index (χ4v) is 5.31. The minimum absolute atomic E-state index is 0.169. The van der Waals surface area contributed by atoms with Crippen molar-refractivity contribution < 1.29 is 19.1 Å². The molecular weight excluding hydrogens is 466 g/mol. The number of aromatic nitrogens is 2. The van der Waals surface area contributed by atoms with E-state index in [1.165, 1.54) is 11.3 Å². The van der Waals surface area contributed by atoms with Crippen LogP contribution in [-0.4, -0.2) is 46.7 Å². The maximum absolute atomic E-state index is 12.6. The smallest absolute Gasteiger partial charge is 0.410 e. The number of hydrogen-bond acceptors (Lipinski definition) is 7. The number of nitrogens with one attached hydrogen (secondary N) is 1. The van der Waals surface area contributed by atoms with Crippen LogP contribution in [0.4, 0.5) is 9.80 Å². The number of thiophene rings is 1. The first-order valence-electron chi connectivity index (χ1n) is 11.4. The molecule has 35 heavy (non-hydrogen) atoms. The molecule has 0 bridgehead atoms. The van der Waals surface area contributed by atoms with Crippen LogP contribution in [0.5, 0.6) is 5.75 Å². The molecule has 1 aliphatic heterocycles. The van der Waals surface area contributed by atoms with Gasteiger partial charge in [0, 0.05) is 30.2 Å². The number of methoxy groups -OCH3 is 1. The van der Waals surface area contributed by atoms with Crippen molar-refractivity contribution >= 4 is 28.3 Å². The summed E-state index contributed by atoms with van der Waals surface area (Å²) >= 11 is 1.35. The number of carbonyl (C=O) groups is 2. The number of nitriles is 1. The Bertz CT molecular complexity index is 1260. The third-order valence-corrected chi connectivity index (χ3v) is 7.11. The van der Waals surface area contributed by atoms with E-state index in [2.05, 4.69) is 16.4 Å². The molecule has 1 aliphatic rings. The maximum atomic E-state index is 12.6. The molecule has 0 saturated carbocycles. The number of para-hydroxylation sites is 1. The van der Waals surface area contributed by atoms with Crippen molar-refractivity contribution in [3.63, 3.8) is 0 Å². The van der Waals surface area contributed by atoms with Gasteiger partial charge >= 0.3 is 6.09 Å². The molecule has 0 spiro atoms. The largest absolute Gasteiger partial charge is 0.496 e. The molecule has 0 saturated heterocycles. The number of nitrogens with zero attached hydrogens (tertiary/aromatic N) is 4. The third-order valence-electron chi connectivity index (χ3n) is 5.98. The van der Waals surface area contributed by atoms with Gasteiger partial charge in [-0.15, -0.1) is 11.3 Å². The summed E-state index contributed by atoms with van der Waals surface area (Å²) in [5, 5.41) is 13.2. The monoisotopic (exact) mass is 493 g/mol. The molecule has 0 fully saturated rings. The zero-order valence-corrected chi connectivity index (χ0v) is 20.6. The van der Waals surface area contributed by atoms with Crippen LogP contribution in [0.2, 0.25) is 0 Å². The van der Waals surface area contributed by atoms with Gasteiger partial charge in [-0.3, -0.25) is 4.79 Å². The number of carbonyl (C=O) groups excluding carboxylic acids is 2. The first-order chi connectivity index (χ1) is 17.0. The van der Waals surface area contributed by atoms with Gasteiger partial charge in [-0.25, -0.2) is 9.78 Å². The molecule has 10 heteroatoms. The summed E-state index contributed by atoms with van der Waals surface area (Å²) in [6, 6.07) is 9.82. The number of amides is 2. The van der Waals surface area contributed by atoms with Crippen molar-refractivity contribution in [2.75, 3.05) is 25.6 Å². The number of rotatable bonds is 8. The van der Waals surface area contributed by atoms with Crippen molar-refractivity contribution in [3.8, 4) is 11.8 Å². The lowest BCUT2D eigenvalue weighted by atomic mass is 10.0. The zero-order chi connectivity index (χ0) is 24.8. The van der Waals surface area contributed by atoms with Gasteiger partial charge in [0.25, 0.3) is 0 Å². The predicted molar refractivity (Wildman–Crippen MR) is 131 cm³/mol. The van der Waals surface area contributed by atoms with Gasteiger partial charge in [-0.2, -0.15) is 5.26 Å². The Hall–Kier alpha value is -3.84. The molecular formula is C25H27N5O4S. The number of ether oxygens (including phenoxy) is 2. The second kappa shape index (κ2) is 11.1. The molecule has 0 aliphatic carbocycles. The van der Waals surface area contributed by atoms with Crippen LogP contribution in [0.25, 0.3) is 0 Å². The molecule has 2 aromatic heterocycles. The van der Waals surface area contributed by atoms with Crippen LogP contribution in [0.15, 0.2) is 36.7 Å². The lowest BCUT2D eigenvalue weighted by Gasteiger charge is -2.26. The van der Waals surface area contributed by atoms with Crippen molar-refractivity contribution in [1.82, 2.24) is 14.5 Å². The van der Waals surface area contributed by atoms with Crippen LogP contribution >= 0.6 is 11.3 Å². The molecule has 0 atom stereocenters. The molecule has 0 radical (unpaired) electrons. The highest BCUT2D eigenvalue weighted by atomic mass is 32.1. The Morgan fingerprint density at radius 2 is 2.14 bits per heavy atom. The highest BCUT2D eigenvalue weighted by Crippen LogP contribution is 2.37. The van der Waals surface area contributed by atoms with Crippen molar-refractivity contribution in [2.45, 2.75) is 39.3 Å². The fourth-order valence-electron chi connectivity index (χ4n) is 4.08. The highest BCUT2D eigenvalue weighted by Gasteiger charge is 2.28. The van der Waals surface area contributed by atoms with Crippen molar-refractivity contribution in [1.29, 1.82) is 5.26 Å². The second-order valence-corrected chi connectivity index (χ2v) is 9.24. The summed E-state index contributed by atoms with van der Waals surface area (Å²) in [6.45, 7) is 3.50. The Balaban J connectivity index is 1.34. The van der Waals surface area contributed by atoms with E-state index < -0.39 is 0 Å². The summed E-state index contributed by atoms with van der Waals surface area (Å²) in [4.78, 5) is 31.9. The predicted octanol–water partition coefficient (Wildman–Crippen LogP) is 3.90. The minimum atomic E-state index is -0.386. The minimum Gasteiger partial charge on any atom is -0.496 e. The van der Waals surface area contributed by atoms with Gasteiger partial charge in [0.05, 0.1) is 25.8 Å². The van der Waals surface area contributed by atoms with Gasteiger partial charge in [0.15, 0.2) is 0 Å². The quantitative estimate of drug-likeness (QED) is 0.510. The average Bonchev–Trinajstić information content (AvgIpc) is 3.44. The normalized spacial score (nSPS) is 12.5. The van der Waals surface area contributed by atoms with Crippen molar-refractivity contribution in [2.24, 2.45) is 0 Å². The average molecular weight is 494 g/mol. The van der Waals surface area contributed by atoms with Gasteiger partial charge in [0.1, 0.15) is 29.3 Å². The molecule has 1 aromatic carbocycles. The van der Waals surface area contributed by atoms with E-state index in [1.54, 1.807) is 18.2 Å². The first-order valence-corrected chi connectivity index (χ1v) is 12.2. The van der Waals surface area contributed by atoms with Crippen molar-refractivity contribution in [3.05, 3.63) is 64.1 Å². The van der Waals surface area contributed by atoms with Crippen LogP contribution < -0.4 is 10.1 Å². The first kappa shape index (κ1) is 24.3. The maximum Gasteiger partial charge on any atom is 0.410 e. The standard InChI is InChI=1S/C25H27N5O4S/c1-17-27-10-12-29(17)13-14-34-25(32)30-11-9-19-20(15-26)24(35-22(19)16-30)28-23(31)8-7-18-5-3-4-6-21(18)33-2/h3-6,10,12H,7-9,11,13-14,16H2,1-2H3,(H,28,31). The van der Waals surface area contributed by atoms with Gasteiger partial charge in [-0.1, -0.05) is 18.2 Å². The topological polar surface area (TPSA) is 109 Å². The molecule has 3 aromatic rings. The summed E-state index contributed by atoms with van der Waals surface area (Å²) in [6.07, 6.45) is 4.51. The number of anilines is 1. The van der Waals surface area contributed by atoms with E-state index in [0.717, 1.165) is 27.6 Å². The second-order valence-electron chi connectivity index (χ2n) is 8.13. The molecule has 1 N–H and O–H groups in total. The lowest BCUT2D eigenvalue weighted by molar-refractivity contribution is -0.116. The third kappa shape index (κ3) is 5.63. The number of imidazole rings is 1. The molecule has 4 rings (SSSR count). The Kier molecular flexibility index (Phi) is 7.67. The van der Waals surface area contributed by atoms with E-state index in [4.69, 9.17) is 9.47 Å². The fraction of sp³-hybridized carbons (Fsp3) is 0.360. The molecule has 2 amide bonds. The number of benzene rings is 1. The zero-order valence-electron chi connectivity index (χ0n) is 19.7. The molecule has 3 heterocycles. The molecule has 9 nitrogen and oxygen atoms in total. The van der Waals surface area contributed by atoms with E-state index in [1.807, 2.05) is 42.0 Å². The van der Waals surface area contributed by atoms with Gasteiger partial charge in [0.2, 0.25) is 5.91 Å². The summed E-state index contributed by atoms with van der Waals surface area (Å²) in [7, 11) is 1.61. The highest BCUT2D eigenvalue weighted by molar-refractivity contribution is 7.16. The molecule has 182 valence electrons.